The molecule has 0 saturated carbocycles. The van der Waals surface area contributed by atoms with Crippen molar-refractivity contribution >= 4 is 8.32 Å². The van der Waals surface area contributed by atoms with Gasteiger partial charge in [-0.25, -0.2) is 0 Å². The fraction of sp³-hybridized carbons (Fsp3) is 1.00. The Morgan fingerprint density at radius 1 is 1.44 bits per heavy atom. The summed E-state index contributed by atoms with van der Waals surface area (Å²) in [5.74, 6) is 0. The van der Waals surface area contributed by atoms with Crippen molar-refractivity contribution in [3.05, 3.63) is 10.1 Å². The zero-order chi connectivity index (χ0) is 13.1. The Bertz CT molecular complexity index is 250. The fourth-order valence-corrected chi connectivity index (χ4v) is 2.46. The number of rotatable bonds is 5. The smallest absolute Gasteiger partial charge is 0.231 e. The van der Waals surface area contributed by atoms with Gasteiger partial charge in [-0.2, -0.15) is 0 Å². The molecule has 6 heteroatoms. The van der Waals surface area contributed by atoms with E-state index in [1.54, 1.807) is 6.92 Å². The van der Waals surface area contributed by atoms with Crippen LogP contribution < -0.4 is 0 Å². The lowest BCUT2D eigenvalue weighted by atomic mass is 10.2. The third-order valence-corrected chi connectivity index (χ3v) is 7.74. The number of nitro groups is 1. The number of hydrogen-bond donors (Lipinski definition) is 1. The first-order valence-electron chi connectivity index (χ1n) is 5.45. The van der Waals surface area contributed by atoms with Crippen molar-refractivity contribution in [1.29, 1.82) is 0 Å². The monoisotopic (exact) mass is 249 g/mol. The summed E-state index contributed by atoms with van der Waals surface area (Å²) in [7, 11) is -1.96. The molecule has 0 unspecified atom stereocenters. The summed E-state index contributed by atoms with van der Waals surface area (Å²) in [4.78, 5) is 9.76. The van der Waals surface area contributed by atoms with Crippen LogP contribution in [0.15, 0.2) is 0 Å². The average Bonchev–Trinajstić information content (AvgIpc) is 1.99. The van der Waals surface area contributed by atoms with Crippen LogP contribution in [0.25, 0.3) is 0 Å². The number of nitrogens with zero attached hydrogens (tertiary/aromatic N) is 1. The topological polar surface area (TPSA) is 72.6 Å². The first-order valence-corrected chi connectivity index (χ1v) is 8.36. The molecule has 1 N–H and O–H groups in total. The van der Waals surface area contributed by atoms with E-state index in [9.17, 15) is 15.2 Å². The third kappa shape index (κ3) is 4.59. The van der Waals surface area contributed by atoms with E-state index in [1.165, 1.54) is 0 Å². The van der Waals surface area contributed by atoms with Crippen molar-refractivity contribution in [3.8, 4) is 0 Å². The molecule has 0 spiro atoms. The van der Waals surface area contributed by atoms with Gasteiger partial charge in [0.1, 0.15) is 6.10 Å². The van der Waals surface area contributed by atoms with E-state index in [-0.39, 0.29) is 5.04 Å². The summed E-state index contributed by atoms with van der Waals surface area (Å²) in [5.41, 5.74) is 0. The lowest BCUT2D eigenvalue weighted by Gasteiger charge is -2.39. The van der Waals surface area contributed by atoms with Crippen molar-refractivity contribution in [3.63, 3.8) is 0 Å². The molecular weight excluding hydrogens is 226 g/mol. The molecule has 0 aromatic rings. The first-order chi connectivity index (χ1) is 6.97. The van der Waals surface area contributed by atoms with Crippen LogP contribution in [0.3, 0.4) is 0 Å². The Morgan fingerprint density at radius 3 is 2.19 bits per heavy atom. The Morgan fingerprint density at radius 2 is 1.88 bits per heavy atom. The predicted octanol–water partition coefficient (Wildman–Crippen LogP) is 2.03. The first kappa shape index (κ1) is 15.5. The summed E-state index contributed by atoms with van der Waals surface area (Å²) < 4.78 is 5.85. The molecule has 0 aliphatic carbocycles. The summed E-state index contributed by atoms with van der Waals surface area (Å²) in [6.45, 7) is 11.6. The maximum absolute atomic E-state index is 10.3. The van der Waals surface area contributed by atoms with Crippen LogP contribution in [0.1, 0.15) is 27.7 Å². The molecule has 0 fully saturated rings. The molecule has 0 aromatic carbocycles. The van der Waals surface area contributed by atoms with Gasteiger partial charge < -0.3 is 9.53 Å². The van der Waals surface area contributed by atoms with Crippen LogP contribution in [-0.4, -0.2) is 37.1 Å². The molecular formula is C10H23NO4Si. The third-order valence-electron chi connectivity index (χ3n) is 3.16. The second-order valence-corrected chi connectivity index (χ2v) is 10.4. The number of aliphatic hydroxyl groups is 1. The van der Waals surface area contributed by atoms with Gasteiger partial charge in [-0.15, -0.1) is 0 Å². The number of aliphatic hydroxyl groups excluding tert-OH is 1. The van der Waals surface area contributed by atoms with Crippen LogP contribution in [0.2, 0.25) is 18.1 Å². The van der Waals surface area contributed by atoms with Gasteiger partial charge in [-0.1, -0.05) is 20.8 Å². The highest BCUT2D eigenvalue weighted by Crippen LogP contribution is 2.37. The van der Waals surface area contributed by atoms with Gasteiger partial charge in [-0.3, -0.25) is 10.1 Å². The molecule has 0 aliphatic heterocycles. The van der Waals surface area contributed by atoms with Crippen LogP contribution in [0, 0.1) is 10.1 Å². The zero-order valence-electron chi connectivity index (χ0n) is 11.0. The average molecular weight is 249 g/mol. The van der Waals surface area contributed by atoms with Gasteiger partial charge in [0.25, 0.3) is 0 Å². The maximum atomic E-state index is 10.3. The molecule has 5 nitrogen and oxygen atoms in total. The molecule has 0 aromatic heterocycles. The van der Waals surface area contributed by atoms with Gasteiger partial charge in [-0.05, 0) is 25.1 Å². The zero-order valence-corrected chi connectivity index (χ0v) is 12.0. The highest BCUT2D eigenvalue weighted by molar-refractivity contribution is 6.74. The van der Waals surface area contributed by atoms with E-state index in [0.717, 1.165) is 0 Å². The standard InChI is InChI=1S/C10H23NO4Si/c1-8(9(12)7-11(13)14)15-16(5,6)10(2,3)4/h8-9,12H,7H2,1-6H3/t8-,9-/m1/s1. The minimum atomic E-state index is -1.96. The minimum Gasteiger partial charge on any atom is -0.411 e. The van der Waals surface area contributed by atoms with Crippen molar-refractivity contribution in [2.24, 2.45) is 0 Å². The van der Waals surface area contributed by atoms with Gasteiger partial charge >= 0.3 is 0 Å². The van der Waals surface area contributed by atoms with Crippen molar-refractivity contribution in [1.82, 2.24) is 0 Å². The molecule has 0 radical (unpaired) electrons. The van der Waals surface area contributed by atoms with Crippen molar-refractivity contribution in [2.45, 2.75) is 58.0 Å². The van der Waals surface area contributed by atoms with E-state index < -0.39 is 32.0 Å². The minimum absolute atomic E-state index is 0.0373. The fourth-order valence-electron chi connectivity index (χ4n) is 1.02. The Balaban J connectivity index is 4.44. The second kappa shape index (κ2) is 5.24. The predicted molar refractivity (Wildman–Crippen MR) is 65.6 cm³/mol. The van der Waals surface area contributed by atoms with Gasteiger partial charge in [0.2, 0.25) is 6.54 Å². The van der Waals surface area contributed by atoms with E-state index in [2.05, 4.69) is 33.9 Å². The van der Waals surface area contributed by atoms with Crippen LogP contribution >= 0.6 is 0 Å². The van der Waals surface area contributed by atoms with Crippen LogP contribution in [-0.2, 0) is 4.43 Å². The van der Waals surface area contributed by atoms with E-state index in [1.807, 2.05) is 0 Å². The lowest BCUT2D eigenvalue weighted by molar-refractivity contribution is -0.492. The molecule has 0 heterocycles. The molecule has 0 rings (SSSR count). The highest BCUT2D eigenvalue weighted by Gasteiger charge is 2.40. The highest BCUT2D eigenvalue weighted by atomic mass is 28.4. The Hall–Kier alpha value is -0.463. The summed E-state index contributed by atoms with van der Waals surface area (Å²) >= 11 is 0. The molecule has 0 amide bonds. The largest absolute Gasteiger partial charge is 0.411 e. The van der Waals surface area contributed by atoms with Crippen molar-refractivity contribution in [2.75, 3.05) is 6.54 Å². The lowest BCUT2D eigenvalue weighted by Crippen LogP contribution is -2.47. The second-order valence-electron chi connectivity index (χ2n) is 5.67. The van der Waals surface area contributed by atoms with Crippen LogP contribution in [0.4, 0.5) is 0 Å². The van der Waals surface area contributed by atoms with E-state index in [4.69, 9.17) is 4.43 Å². The number of hydrogen-bond acceptors (Lipinski definition) is 4. The maximum Gasteiger partial charge on any atom is 0.231 e. The van der Waals surface area contributed by atoms with Crippen molar-refractivity contribution < 1.29 is 14.5 Å². The Kier molecular flexibility index (Phi) is 5.09. The molecule has 2 atom stereocenters. The summed E-state index contributed by atoms with van der Waals surface area (Å²) in [6.07, 6.45) is -1.53. The molecule has 16 heavy (non-hydrogen) atoms. The summed E-state index contributed by atoms with van der Waals surface area (Å²) in [6, 6.07) is 0. The quantitative estimate of drug-likeness (QED) is 0.460. The SMILES string of the molecule is C[C@@H](O[Si](C)(C)C(C)(C)C)[C@H](O)C[N+](=O)[O-]. The summed E-state index contributed by atoms with van der Waals surface area (Å²) in [5, 5.41) is 19.9. The van der Waals surface area contributed by atoms with E-state index >= 15 is 0 Å². The van der Waals surface area contributed by atoms with Crippen LogP contribution in [0.5, 0.6) is 0 Å². The molecule has 0 bridgehead atoms. The van der Waals surface area contributed by atoms with Gasteiger partial charge in [0, 0.05) is 4.92 Å². The molecule has 0 saturated heterocycles. The molecule has 0 aliphatic rings. The van der Waals surface area contributed by atoms with Gasteiger partial charge in [0.15, 0.2) is 8.32 Å². The normalized spacial score (nSPS) is 16.9. The molecule has 96 valence electrons. The van der Waals surface area contributed by atoms with E-state index in [0.29, 0.717) is 0 Å². The Labute approximate surface area is 98.1 Å². The van der Waals surface area contributed by atoms with Gasteiger partial charge in [0.05, 0.1) is 6.10 Å².